The van der Waals surface area contributed by atoms with E-state index in [0.29, 0.717) is 6.42 Å². The van der Waals surface area contributed by atoms with Crippen LogP contribution in [0.2, 0.25) is 0 Å². The fourth-order valence-electron chi connectivity index (χ4n) is 1.23. The summed E-state index contributed by atoms with van der Waals surface area (Å²) in [7, 11) is -2.97. The number of sulfonamides is 1. The summed E-state index contributed by atoms with van der Waals surface area (Å²) in [5.41, 5.74) is 0. The zero-order chi connectivity index (χ0) is 10.1. The van der Waals surface area contributed by atoms with Gasteiger partial charge in [-0.1, -0.05) is 0 Å². The van der Waals surface area contributed by atoms with Crippen molar-refractivity contribution < 1.29 is 21.9 Å². The molecule has 13 heavy (non-hydrogen) atoms. The molecular formula is C6H11F2NO3S. The van der Waals surface area contributed by atoms with Gasteiger partial charge in [0.1, 0.15) is 0 Å². The van der Waals surface area contributed by atoms with Crippen LogP contribution in [0.5, 0.6) is 0 Å². The van der Waals surface area contributed by atoms with Crippen LogP contribution in [0.15, 0.2) is 0 Å². The van der Waals surface area contributed by atoms with Gasteiger partial charge in [0, 0.05) is 20.2 Å². The fourth-order valence-corrected chi connectivity index (χ4v) is 2.19. The van der Waals surface area contributed by atoms with E-state index in [1.54, 1.807) is 0 Å². The molecule has 0 amide bonds. The summed E-state index contributed by atoms with van der Waals surface area (Å²) in [6.45, 7) is 0.147. The molecule has 0 aromatic rings. The van der Waals surface area contributed by atoms with Gasteiger partial charge in [0.15, 0.2) is 0 Å². The van der Waals surface area contributed by atoms with Crippen molar-refractivity contribution in [2.75, 3.05) is 20.2 Å². The first-order chi connectivity index (χ1) is 5.98. The number of ether oxygens (including phenoxy) is 1. The summed E-state index contributed by atoms with van der Waals surface area (Å²) in [4.78, 5) is 0. The van der Waals surface area contributed by atoms with Crippen LogP contribution < -0.4 is 0 Å². The maximum Gasteiger partial charge on any atom is 0.350 e. The number of alkyl halides is 2. The van der Waals surface area contributed by atoms with Gasteiger partial charge in [0.2, 0.25) is 0 Å². The van der Waals surface area contributed by atoms with E-state index in [4.69, 9.17) is 4.74 Å². The lowest BCUT2D eigenvalue weighted by molar-refractivity contribution is 0.114. The van der Waals surface area contributed by atoms with Crippen LogP contribution in [0.4, 0.5) is 8.78 Å². The zero-order valence-electron chi connectivity index (χ0n) is 7.11. The number of halogens is 2. The Morgan fingerprint density at radius 3 is 2.54 bits per heavy atom. The lowest BCUT2D eigenvalue weighted by Crippen LogP contribution is -2.34. The number of hydrogen-bond donors (Lipinski definition) is 0. The Kier molecular flexibility index (Phi) is 3.20. The number of nitrogens with zero attached hydrogens (tertiary/aromatic N) is 1. The highest BCUT2D eigenvalue weighted by Crippen LogP contribution is 2.19. The second kappa shape index (κ2) is 3.85. The molecule has 0 aromatic carbocycles. The van der Waals surface area contributed by atoms with E-state index in [-0.39, 0.29) is 19.2 Å². The first-order valence-corrected chi connectivity index (χ1v) is 5.28. The Balaban J connectivity index is 2.66. The molecule has 4 nitrogen and oxygen atoms in total. The number of hydrogen-bond acceptors (Lipinski definition) is 3. The third-order valence-corrected chi connectivity index (χ3v) is 3.53. The Labute approximate surface area is 75.5 Å². The van der Waals surface area contributed by atoms with Gasteiger partial charge in [0.05, 0.1) is 6.10 Å². The van der Waals surface area contributed by atoms with Crippen molar-refractivity contribution in [3.8, 4) is 0 Å². The summed E-state index contributed by atoms with van der Waals surface area (Å²) in [5.74, 6) is -3.33. The fraction of sp³-hybridized carbons (Fsp3) is 1.00. The molecule has 1 rings (SSSR count). The summed E-state index contributed by atoms with van der Waals surface area (Å²) in [6.07, 6.45) is 0.219. The lowest BCUT2D eigenvalue weighted by Gasteiger charge is -2.14. The molecule has 1 aliphatic rings. The van der Waals surface area contributed by atoms with E-state index < -0.39 is 15.8 Å². The first kappa shape index (κ1) is 10.8. The predicted molar refractivity (Wildman–Crippen MR) is 41.9 cm³/mol. The van der Waals surface area contributed by atoms with Crippen LogP contribution >= 0.6 is 0 Å². The number of methoxy groups -OCH3 is 1. The van der Waals surface area contributed by atoms with E-state index in [2.05, 4.69) is 0 Å². The molecular weight excluding hydrogens is 204 g/mol. The van der Waals surface area contributed by atoms with Crippen molar-refractivity contribution in [3.63, 3.8) is 0 Å². The standard InChI is InChI=1S/C6H11F2NO3S/c1-12-5-2-3-9(4-5)13(10,11)6(7)8/h5-6H,2-4H2,1H3/t5-/m0/s1. The molecule has 0 spiro atoms. The SMILES string of the molecule is CO[C@H]1CCN(S(=O)(=O)C(F)F)C1. The molecule has 1 atom stereocenters. The second-order valence-electron chi connectivity index (χ2n) is 2.81. The smallest absolute Gasteiger partial charge is 0.350 e. The molecule has 0 radical (unpaired) electrons. The molecule has 0 saturated carbocycles. The van der Waals surface area contributed by atoms with Crippen LogP contribution in [0, 0.1) is 0 Å². The van der Waals surface area contributed by atoms with Gasteiger partial charge in [0.25, 0.3) is 10.0 Å². The molecule has 78 valence electrons. The van der Waals surface area contributed by atoms with E-state index in [0.717, 1.165) is 4.31 Å². The van der Waals surface area contributed by atoms with Crippen LogP contribution in [-0.2, 0) is 14.8 Å². The average Bonchev–Trinajstić information content (AvgIpc) is 2.51. The van der Waals surface area contributed by atoms with Gasteiger partial charge in [-0.2, -0.15) is 13.1 Å². The minimum absolute atomic E-state index is 0.0309. The molecule has 1 fully saturated rings. The van der Waals surface area contributed by atoms with Crippen LogP contribution in [-0.4, -0.2) is 44.8 Å². The average molecular weight is 215 g/mol. The number of rotatable bonds is 3. The van der Waals surface area contributed by atoms with Crippen molar-refractivity contribution >= 4 is 10.0 Å². The highest BCUT2D eigenvalue weighted by atomic mass is 32.2. The summed E-state index contributed by atoms with van der Waals surface area (Å²) >= 11 is 0. The maximum atomic E-state index is 12.0. The first-order valence-electron chi connectivity index (χ1n) is 3.78. The monoisotopic (exact) mass is 215 g/mol. The van der Waals surface area contributed by atoms with Crippen molar-refractivity contribution in [2.24, 2.45) is 0 Å². The highest BCUT2D eigenvalue weighted by Gasteiger charge is 2.37. The Bertz CT molecular complexity index is 267. The Morgan fingerprint density at radius 2 is 2.15 bits per heavy atom. The minimum Gasteiger partial charge on any atom is -0.380 e. The summed E-state index contributed by atoms with van der Waals surface area (Å²) < 4.78 is 51.5. The predicted octanol–water partition coefficient (Wildman–Crippen LogP) is 0.260. The molecule has 1 heterocycles. The van der Waals surface area contributed by atoms with Gasteiger partial charge in [-0.25, -0.2) is 8.42 Å². The van der Waals surface area contributed by atoms with Crippen molar-refractivity contribution in [1.29, 1.82) is 0 Å². The topological polar surface area (TPSA) is 46.6 Å². The zero-order valence-corrected chi connectivity index (χ0v) is 7.93. The van der Waals surface area contributed by atoms with Crippen molar-refractivity contribution in [3.05, 3.63) is 0 Å². The van der Waals surface area contributed by atoms with Crippen LogP contribution in [0.25, 0.3) is 0 Å². The van der Waals surface area contributed by atoms with E-state index in [1.165, 1.54) is 7.11 Å². The molecule has 0 aromatic heterocycles. The van der Waals surface area contributed by atoms with Gasteiger partial charge in [-0.3, -0.25) is 0 Å². The summed E-state index contributed by atoms with van der Waals surface area (Å²) in [6, 6.07) is 0. The molecule has 1 saturated heterocycles. The molecule has 0 aliphatic carbocycles. The largest absolute Gasteiger partial charge is 0.380 e. The molecule has 7 heteroatoms. The van der Waals surface area contributed by atoms with Crippen molar-refractivity contribution in [1.82, 2.24) is 4.31 Å². The third-order valence-electron chi connectivity index (χ3n) is 2.03. The van der Waals surface area contributed by atoms with Crippen LogP contribution in [0.3, 0.4) is 0 Å². The van der Waals surface area contributed by atoms with Gasteiger partial charge < -0.3 is 4.74 Å². The van der Waals surface area contributed by atoms with E-state index >= 15 is 0 Å². The quantitative estimate of drug-likeness (QED) is 0.678. The Morgan fingerprint density at radius 1 is 1.54 bits per heavy atom. The highest BCUT2D eigenvalue weighted by molar-refractivity contribution is 7.89. The van der Waals surface area contributed by atoms with Crippen LogP contribution in [0.1, 0.15) is 6.42 Å². The van der Waals surface area contributed by atoms with Crippen molar-refractivity contribution in [2.45, 2.75) is 18.3 Å². The molecule has 0 N–H and O–H groups in total. The second-order valence-corrected chi connectivity index (χ2v) is 4.71. The maximum absolute atomic E-state index is 12.0. The third kappa shape index (κ3) is 2.15. The minimum atomic E-state index is -4.40. The van der Waals surface area contributed by atoms with Gasteiger partial charge in [-0.15, -0.1) is 0 Å². The summed E-state index contributed by atoms with van der Waals surface area (Å²) in [5, 5.41) is 0. The molecule has 1 aliphatic heterocycles. The molecule has 0 bridgehead atoms. The van der Waals surface area contributed by atoms with E-state index in [9.17, 15) is 17.2 Å². The van der Waals surface area contributed by atoms with Gasteiger partial charge >= 0.3 is 5.76 Å². The molecule has 0 unspecified atom stereocenters. The van der Waals surface area contributed by atoms with Gasteiger partial charge in [-0.05, 0) is 6.42 Å². The van der Waals surface area contributed by atoms with E-state index in [1.807, 2.05) is 0 Å². The lowest BCUT2D eigenvalue weighted by atomic mass is 10.3. The normalized spacial score (nSPS) is 25.7. The Hall–Kier alpha value is -0.270.